The fourth-order valence-electron chi connectivity index (χ4n) is 5.15. The summed E-state index contributed by atoms with van der Waals surface area (Å²) in [6.45, 7) is 4.02. The maximum Gasteiger partial charge on any atom is 0.241 e. The predicted molar refractivity (Wildman–Crippen MR) is 125 cm³/mol. The second kappa shape index (κ2) is 9.43. The molecule has 0 bridgehead atoms. The van der Waals surface area contributed by atoms with Crippen molar-refractivity contribution in [1.29, 1.82) is 0 Å². The summed E-state index contributed by atoms with van der Waals surface area (Å²) in [5.41, 5.74) is 1.35. The van der Waals surface area contributed by atoms with Crippen LogP contribution >= 0.6 is 0 Å². The topological polar surface area (TPSA) is 73.8 Å². The monoisotopic (exact) mass is 448 g/mol. The Bertz CT molecular complexity index is 1030. The van der Waals surface area contributed by atoms with Crippen LogP contribution in [0, 0.1) is 6.92 Å². The van der Waals surface area contributed by atoms with Crippen molar-refractivity contribution in [2.75, 3.05) is 27.2 Å². The van der Waals surface area contributed by atoms with E-state index in [1.54, 1.807) is 29.4 Å². The molecule has 1 aromatic heterocycles. The number of hydrogen-bond acceptors (Lipinski definition) is 5. The van der Waals surface area contributed by atoms with E-state index in [9.17, 15) is 14.4 Å². The standard InChI is InChI=1S/C26H32N4O3/c1-19-6-4-5-7-22(19)26(16-23(31)29(3)21-10-14-28(2)15-11-21)17-24(32)30(25(26)33)18-20-8-12-27-13-9-20/h4-9,12-13,21H,10-11,14-18H2,1-3H3. The molecule has 0 saturated carbocycles. The van der Waals surface area contributed by atoms with E-state index < -0.39 is 5.41 Å². The second-order valence-corrected chi connectivity index (χ2v) is 9.43. The minimum Gasteiger partial charge on any atom is -0.343 e. The van der Waals surface area contributed by atoms with Crippen molar-refractivity contribution in [3.8, 4) is 0 Å². The number of rotatable bonds is 6. The number of aromatic nitrogens is 1. The number of carbonyl (C=O) groups is 3. The van der Waals surface area contributed by atoms with Crippen LogP contribution in [0.5, 0.6) is 0 Å². The number of piperidine rings is 1. The van der Waals surface area contributed by atoms with E-state index in [4.69, 9.17) is 0 Å². The highest BCUT2D eigenvalue weighted by Crippen LogP contribution is 2.42. The average Bonchev–Trinajstić information content (AvgIpc) is 3.04. The van der Waals surface area contributed by atoms with Gasteiger partial charge in [0.25, 0.3) is 0 Å². The van der Waals surface area contributed by atoms with Crippen LogP contribution in [0.1, 0.15) is 42.4 Å². The third-order valence-corrected chi connectivity index (χ3v) is 7.24. The lowest BCUT2D eigenvalue weighted by atomic mass is 9.73. The molecular formula is C26H32N4O3. The third kappa shape index (κ3) is 4.55. The predicted octanol–water partition coefficient (Wildman–Crippen LogP) is 2.53. The van der Waals surface area contributed by atoms with Crippen molar-refractivity contribution in [3.63, 3.8) is 0 Å². The van der Waals surface area contributed by atoms with Crippen LogP contribution < -0.4 is 0 Å². The number of imide groups is 1. The van der Waals surface area contributed by atoms with Crippen molar-refractivity contribution >= 4 is 17.7 Å². The lowest BCUT2D eigenvalue weighted by Gasteiger charge is -2.37. The molecule has 3 amide bonds. The zero-order chi connectivity index (χ0) is 23.6. The van der Waals surface area contributed by atoms with Crippen LogP contribution in [0.25, 0.3) is 0 Å². The average molecular weight is 449 g/mol. The Labute approximate surface area is 195 Å². The Hall–Kier alpha value is -3.06. The van der Waals surface area contributed by atoms with Gasteiger partial charge in [0.05, 0.1) is 12.0 Å². The normalized spacial score (nSPS) is 22.1. The molecule has 174 valence electrons. The van der Waals surface area contributed by atoms with E-state index in [1.165, 1.54) is 4.90 Å². The molecule has 7 heteroatoms. The zero-order valence-electron chi connectivity index (χ0n) is 19.7. The molecule has 2 aromatic rings. The Morgan fingerprint density at radius 1 is 1.12 bits per heavy atom. The lowest BCUT2D eigenvalue weighted by Crippen LogP contribution is -2.48. The summed E-state index contributed by atoms with van der Waals surface area (Å²) in [5, 5.41) is 0. The third-order valence-electron chi connectivity index (χ3n) is 7.24. The zero-order valence-corrected chi connectivity index (χ0v) is 19.7. The Kier molecular flexibility index (Phi) is 6.61. The van der Waals surface area contributed by atoms with Gasteiger partial charge in [-0.2, -0.15) is 0 Å². The molecule has 0 aliphatic carbocycles. The lowest BCUT2D eigenvalue weighted by molar-refractivity contribution is -0.143. The quantitative estimate of drug-likeness (QED) is 0.635. The molecule has 4 rings (SSSR count). The van der Waals surface area contributed by atoms with E-state index >= 15 is 0 Å². The number of aryl methyl sites for hydroxylation is 1. The van der Waals surface area contributed by atoms with Crippen molar-refractivity contribution in [3.05, 3.63) is 65.5 Å². The van der Waals surface area contributed by atoms with E-state index in [1.807, 2.05) is 38.2 Å². The number of amides is 3. The van der Waals surface area contributed by atoms with Crippen LogP contribution in [0.2, 0.25) is 0 Å². The SMILES string of the molecule is Cc1ccccc1C1(CC(=O)N(C)C2CCN(C)CC2)CC(=O)N(Cc2ccncc2)C1=O. The van der Waals surface area contributed by atoms with Crippen molar-refractivity contribution < 1.29 is 14.4 Å². The Morgan fingerprint density at radius 3 is 2.45 bits per heavy atom. The number of hydrogen-bond donors (Lipinski definition) is 0. The van der Waals surface area contributed by atoms with Gasteiger partial charge in [-0.1, -0.05) is 24.3 Å². The maximum atomic E-state index is 13.9. The molecular weight excluding hydrogens is 416 g/mol. The molecule has 2 aliphatic heterocycles. The smallest absolute Gasteiger partial charge is 0.241 e. The molecule has 33 heavy (non-hydrogen) atoms. The summed E-state index contributed by atoms with van der Waals surface area (Å²) < 4.78 is 0. The molecule has 2 aliphatic rings. The highest BCUT2D eigenvalue weighted by Gasteiger charge is 2.54. The summed E-state index contributed by atoms with van der Waals surface area (Å²) in [7, 11) is 3.92. The minimum absolute atomic E-state index is 0.00187. The van der Waals surface area contributed by atoms with Gasteiger partial charge < -0.3 is 9.80 Å². The molecule has 7 nitrogen and oxygen atoms in total. The summed E-state index contributed by atoms with van der Waals surface area (Å²) in [4.78, 5) is 49.9. The van der Waals surface area contributed by atoms with Gasteiger partial charge in [-0.25, -0.2) is 0 Å². The number of pyridine rings is 1. The first kappa shape index (κ1) is 23.1. The van der Waals surface area contributed by atoms with E-state index in [0.29, 0.717) is 0 Å². The van der Waals surface area contributed by atoms with Gasteiger partial charge in [0.2, 0.25) is 17.7 Å². The first-order chi connectivity index (χ1) is 15.8. The number of benzene rings is 1. The molecule has 3 heterocycles. The molecule has 1 aromatic carbocycles. The summed E-state index contributed by atoms with van der Waals surface area (Å²) in [6, 6.07) is 11.4. The summed E-state index contributed by atoms with van der Waals surface area (Å²) in [6.07, 6.45) is 5.13. The van der Waals surface area contributed by atoms with Crippen LogP contribution in [-0.2, 0) is 26.3 Å². The fourth-order valence-corrected chi connectivity index (χ4v) is 5.15. The van der Waals surface area contributed by atoms with Crippen molar-refractivity contribution in [2.24, 2.45) is 0 Å². The molecule has 2 saturated heterocycles. The second-order valence-electron chi connectivity index (χ2n) is 9.43. The molecule has 0 N–H and O–H groups in total. The number of likely N-dealkylation sites (tertiary alicyclic amines) is 2. The van der Waals surface area contributed by atoms with Gasteiger partial charge in [-0.3, -0.25) is 24.3 Å². The van der Waals surface area contributed by atoms with Crippen molar-refractivity contribution in [1.82, 2.24) is 19.7 Å². The summed E-state index contributed by atoms with van der Waals surface area (Å²) in [5.74, 6) is -0.613. The van der Waals surface area contributed by atoms with Gasteiger partial charge in [0, 0.05) is 38.3 Å². The van der Waals surface area contributed by atoms with Gasteiger partial charge in [0.1, 0.15) is 0 Å². The Balaban J connectivity index is 1.64. The van der Waals surface area contributed by atoms with Crippen LogP contribution in [-0.4, -0.2) is 70.6 Å². The number of carbonyl (C=O) groups excluding carboxylic acids is 3. The largest absolute Gasteiger partial charge is 0.343 e. The first-order valence-corrected chi connectivity index (χ1v) is 11.6. The highest BCUT2D eigenvalue weighted by atomic mass is 16.2. The van der Waals surface area contributed by atoms with Gasteiger partial charge >= 0.3 is 0 Å². The molecule has 2 fully saturated rings. The van der Waals surface area contributed by atoms with Crippen molar-refractivity contribution in [2.45, 2.75) is 50.6 Å². The van der Waals surface area contributed by atoms with E-state index in [-0.39, 0.29) is 43.1 Å². The number of nitrogens with zero attached hydrogens (tertiary/aromatic N) is 4. The molecule has 1 unspecified atom stereocenters. The maximum absolute atomic E-state index is 13.9. The van der Waals surface area contributed by atoms with Gasteiger partial charge in [-0.15, -0.1) is 0 Å². The minimum atomic E-state index is -1.17. The molecule has 0 radical (unpaired) electrons. The van der Waals surface area contributed by atoms with Gasteiger partial charge in [0.15, 0.2) is 0 Å². The fraction of sp³-hybridized carbons (Fsp3) is 0.462. The Morgan fingerprint density at radius 2 is 1.79 bits per heavy atom. The van der Waals surface area contributed by atoms with E-state index in [2.05, 4.69) is 16.9 Å². The first-order valence-electron chi connectivity index (χ1n) is 11.6. The van der Waals surface area contributed by atoms with Crippen LogP contribution in [0.15, 0.2) is 48.8 Å². The van der Waals surface area contributed by atoms with Gasteiger partial charge in [-0.05, 0) is 68.7 Å². The molecule has 0 spiro atoms. The molecule has 1 atom stereocenters. The van der Waals surface area contributed by atoms with Crippen LogP contribution in [0.3, 0.4) is 0 Å². The van der Waals surface area contributed by atoms with Crippen LogP contribution in [0.4, 0.5) is 0 Å². The summed E-state index contributed by atoms with van der Waals surface area (Å²) >= 11 is 0. The highest BCUT2D eigenvalue weighted by molar-refractivity contribution is 6.10. The van der Waals surface area contributed by atoms with E-state index in [0.717, 1.165) is 42.6 Å².